The molecule has 0 bridgehead atoms. The van der Waals surface area contributed by atoms with Gasteiger partial charge in [-0.25, -0.2) is 0 Å². The van der Waals surface area contributed by atoms with Crippen molar-refractivity contribution in [1.82, 2.24) is 10.3 Å². The molecule has 1 fully saturated rings. The number of anilines is 2. The zero-order valence-corrected chi connectivity index (χ0v) is 18.1. The van der Waals surface area contributed by atoms with Crippen molar-refractivity contribution in [3.8, 4) is 11.5 Å². The molecule has 32 heavy (non-hydrogen) atoms. The van der Waals surface area contributed by atoms with Crippen molar-refractivity contribution in [2.24, 2.45) is 5.92 Å². The Hall–Kier alpha value is -3.75. The number of benzene rings is 2. The maximum atomic E-state index is 12.3. The first-order valence-corrected chi connectivity index (χ1v) is 10.5. The number of amides is 2. The number of nitrogens with zero attached hydrogens (tertiary/aromatic N) is 2. The molecule has 1 saturated heterocycles. The number of methoxy groups -OCH3 is 2. The van der Waals surface area contributed by atoms with Crippen molar-refractivity contribution in [3.63, 3.8) is 0 Å². The normalized spacial score (nSPS) is 14.2. The van der Waals surface area contributed by atoms with Crippen molar-refractivity contribution >= 4 is 34.6 Å². The number of oxazole rings is 1. The number of hydrogen-bond acceptors (Lipinski definition) is 7. The summed E-state index contributed by atoms with van der Waals surface area (Å²) in [5.74, 6) is -0.166. The van der Waals surface area contributed by atoms with Gasteiger partial charge in [0.1, 0.15) is 17.0 Å². The Bertz CT molecular complexity index is 1070. The van der Waals surface area contributed by atoms with Crippen LogP contribution in [-0.2, 0) is 9.59 Å². The number of piperidine rings is 1. The number of hydrogen-bond donors (Lipinski definition) is 2. The summed E-state index contributed by atoms with van der Waals surface area (Å²) in [4.78, 5) is 31.3. The number of carbonyl (C=O) groups is 2. The molecule has 2 N–H and O–H groups in total. The molecule has 3 aromatic rings. The van der Waals surface area contributed by atoms with Crippen molar-refractivity contribution < 1.29 is 23.5 Å². The van der Waals surface area contributed by atoms with Gasteiger partial charge in [-0.3, -0.25) is 9.59 Å². The van der Waals surface area contributed by atoms with Gasteiger partial charge in [0.2, 0.25) is 0 Å². The van der Waals surface area contributed by atoms with Gasteiger partial charge in [0, 0.05) is 25.7 Å². The highest BCUT2D eigenvalue weighted by Crippen LogP contribution is 2.29. The van der Waals surface area contributed by atoms with Gasteiger partial charge in [-0.05, 0) is 43.0 Å². The van der Waals surface area contributed by atoms with E-state index in [1.165, 1.54) is 14.2 Å². The smallest absolute Gasteiger partial charge is 0.313 e. The first kappa shape index (κ1) is 21.5. The molecule has 1 aliphatic heterocycles. The van der Waals surface area contributed by atoms with E-state index in [-0.39, 0.29) is 5.92 Å². The van der Waals surface area contributed by atoms with Crippen LogP contribution in [0.3, 0.4) is 0 Å². The first-order chi connectivity index (χ1) is 15.6. The Morgan fingerprint density at radius 1 is 1.09 bits per heavy atom. The lowest BCUT2D eigenvalue weighted by atomic mass is 9.97. The zero-order chi connectivity index (χ0) is 22.5. The molecule has 0 radical (unpaired) electrons. The number of para-hydroxylation sites is 2. The number of rotatable bonds is 6. The van der Waals surface area contributed by atoms with E-state index in [1.54, 1.807) is 18.2 Å². The summed E-state index contributed by atoms with van der Waals surface area (Å²) in [5, 5.41) is 5.31. The zero-order valence-electron chi connectivity index (χ0n) is 18.1. The maximum absolute atomic E-state index is 12.3. The quantitative estimate of drug-likeness (QED) is 0.570. The Labute approximate surface area is 185 Å². The van der Waals surface area contributed by atoms with Gasteiger partial charge in [-0.1, -0.05) is 12.1 Å². The predicted octanol–water partition coefficient (Wildman–Crippen LogP) is 2.82. The highest BCUT2D eigenvalue weighted by molar-refractivity contribution is 6.39. The van der Waals surface area contributed by atoms with Crippen LogP contribution in [0, 0.1) is 5.92 Å². The van der Waals surface area contributed by atoms with Crippen molar-refractivity contribution in [1.29, 1.82) is 0 Å². The highest BCUT2D eigenvalue weighted by Gasteiger charge is 2.24. The van der Waals surface area contributed by atoms with E-state index in [0.29, 0.717) is 29.7 Å². The van der Waals surface area contributed by atoms with Crippen LogP contribution in [0.5, 0.6) is 11.5 Å². The van der Waals surface area contributed by atoms with E-state index < -0.39 is 11.8 Å². The van der Waals surface area contributed by atoms with Gasteiger partial charge in [-0.15, -0.1) is 0 Å². The summed E-state index contributed by atoms with van der Waals surface area (Å²) < 4.78 is 16.2. The lowest BCUT2D eigenvalue weighted by molar-refractivity contribution is -0.136. The van der Waals surface area contributed by atoms with Gasteiger partial charge >= 0.3 is 11.8 Å². The Kier molecular flexibility index (Phi) is 6.44. The second-order valence-electron chi connectivity index (χ2n) is 7.62. The molecule has 2 amide bonds. The molecule has 9 nitrogen and oxygen atoms in total. The second-order valence-corrected chi connectivity index (χ2v) is 7.62. The lowest BCUT2D eigenvalue weighted by Crippen LogP contribution is -2.42. The third-order valence-electron chi connectivity index (χ3n) is 5.58. The van der Waals surface area contributed by atoms with Crippen molar-refractivity contribution in [2.45, 2.75) is 12.8 Å². The van der Waals surface area contributed by atoms with Crippen molar-refractivity contribution in [2.75, 3.05) is 44.1 Å². The third kappa shape index (κ3) is 4.77. The monoisotopic (exact) mass is 438 g/mol. The molecule has 9 heteroatoms. The molecule has 0 unspecified atom stereocenters. The van der Waals surface area contributed by atoms with Gasteiger partial charge < -0.3 is 29.4 Å². The number of ether oxygens (including phenoxy) is 2. The summed E-state index contributed by atoms with van der Waals surface area (Å²) in [6.07, 6.45) is 1.73. The van der Waals surface area contributed by atoms with Gasteiger partial charge in [0.15, 0.2) is 5.58 Å². The highest BCUT2D eigenvalue weighted by atomic mass is 16.5. The topological polar surface area (TPSA) is 106 Å². The molecule has 4 rings (SSSR count). The summed E-state index contributed by atoms with van der Waals surface area (Å²) in [6, 6.07) is 13.3. The van der Waals surface area contributed by atoms with Crippen LogP contribution in [0.2, 0.25) is 0 Å². The minimum atomic E-state index is -0.750. The van der Waals surface area contributed by atoms with E-state index in [1.807, 2.05) is 24.3 Å². The molecule has 0 spiro atoms. The summed E-state index contributed by atoms with van der Waals surface area (Å²) in [6.45, 7) is 1.99. The number of carbonyl (C=O) groups excluding carboxylic acids is 2. The Morgan fingerprint density at radius 3 is 2.59 bits per heavy atom. The van der Waals surface area contributed by atoms with Crippen molar-refractivity contribution in [3.05, 3.63) is 42.5 Å². The minimum Gasteiger partial charge on any atom is -0.497 e. The number of fused-ring (bicyclic) bond motifs is 1. The molecular formula is C23H26N4O5. The Morgan fingerprint density at radius 2 is 1.88 bits per heavy atom. The van der Waals surface area contributed by atoms with Gasteiger partial charge in [0.05, 0.1) is 19.9 Å². The standard InChI is InChI=1S/C23H26N4O5/c1-30-16-7-8-19(31-2)18(13-16)25-22(29)21(28)24-14-15-9-11-27(12-10-15)23-26-17-5-3-4-6-20(17)32-23/h3-8,13,15H,9-12,14H2,1-2H3,(H,24,28)(H,25,29). The van der Waals surface area contributed by atoms with E-state index in [4.69, 9.17) is 13.9 Å². The van der Waals surface area contributed by atoms with Crippen LogP contribution >= 0.6 is 0 Å². The fourth-order valence-corrected chi connectivity index (χ4v) is 3.73. The van der Waals surface area contributed by atoms with E-state index >= 15 is 0 Å². The fourth-order valence-electron chi connectivity index (χ4n) is 3.73. The number of aromatic nitrogens is 1. The predicted molar refractivity (Wildman–Crippen MR) is 120 cm³/mol. The fraction of sp³-hybridized carbons (Fsp3) is 0.348. The molecular weight excluding hydrogens is 412 g/mol. The molecule has 0 aliphatic carbocycles. The molecule has 1 aromatic heterocycles. The van der Waals surface area contributed by atoms with Crippen LogP contribution < -0.4 is 25.0 Å². The van der Waals surface area contributed by atoms with Crippen LogP contribution in [0.4, 0.5) is 11.7 Å². The first-order valence-electron chi connectivity index (χ1n) is 10.5. The average molecular weight is 438 g/mol. The summed E-state index contributed by atoms with van der Waals surface area (Å²) in [7, 11) is 3.01. The minimum absolute atomic E-state index is 0.277. The van der Waals surface area contributed by atoms with Gasteiger partial charge in [0.25, 0.3) is 6.01 Å². The lowest BCUT2D eigenvalue weighted by Gasteiger charge is -2.30. The van der Waals surface area contributed by atoms with Crippen LogP contribution in [0.15, 0.2) is 46.9 Å². The summed E-state index contributed by atoms with van der Waals surface area (Å²) >= 11 is 0. The molecule has 0 saturated carbocycles. The third-order valence-corrected chi connectivity index (χ3v) is 5.58. The molecule has 1 aliphatic rings. The molecule has 2 aromatic carbocycles. The van der Waals surface area contributed by atoms with E-state index in [0.717, 1.165) is 37.0 Å². The number of nitrogens with one attached hydrogen (secondary N) is 2. The molecule has 2 heterocycles. The Balaban J connectivity index is 1.26. The second kappa shape index (κ2) is 9.59. The van der Waals surface area contributed by atoms with E-state index in [9.17, 15) is 9.59 Å². The largest absolute Gasteiger partial charge is 0.497 e. The summed E-state index contributed by atoms with van der Waals surface area (Å²) in [5.41, 5.74) is 1.99. The molecule has 0 atom stereocenters. The van der Waals surface area contributed by atoms with Crippen LogP contribution in [0.25, 0.3) is 11.1 Å². The maximum Gasteiger partial charge on any atom is 0.313 e. The van der Waals surface area contributed by atoms with Crippen LogP contribution in [0.1, 0.15) is 12.8 Å². The van der Waals surface area contributed by atoms with Gasteiger partial charge in [-0.2, -0.15) is 4.98 Å². The average Bonchev–Trinajstić information content (AvgIpc) is 3.27. The van der Waals surface area contributed by atoms with Crippen LogP contribution in [-0.4, -0.2) is 50.7 Å². The van der Waals surface area contributed by atoms with E-state index in [2.05, 4.69) is 20.5 Å². The molecule has 168 valence electrons. The SMILES string of the molecule is COc1ccc(OC)c(NC(=O)C(=O)NCC2CCN(c3nc4ccccc4o3)CC2)c1.